The summed E-state index contributed by atoms with van der Waals surface area (Å²) in [6.07, 6.45) is 3.01. The number of carboxylic acid groups (broad SMARTS) is 1. The Labute approximate surface area is 188 Å². The Balaban J connectivity index is 0.000000383. The molecule has 8 nitrogen and oxygen atoms in total. The fourth-order valence-corrected chi connectivity index (χ4v) is 4.09. The molecule has 0 radical (unpaired) electrons. The smallest absolute Gasteiger partial charge is 0.475 e. The molecule has 0 saturated carbocycles. The fraction of sp³-hybridized carbons (Fsp3) is 0.500. The van der Waals surface area contributed by atoms with Gasteiger partial charge in [-0.1, -0.05) is 6.07 Å². The topological polar surface area (TPSA) is 102 Å². The number of hydrogen-bond donors (Lipinski definition) is 1. The van der Waals surface area contributed by atoms with Crippen molar-refractivity contribution < 1.29 is 41.8 Å². The van der Waals surface area contributed by atoms with Crippen LogP contribution in [0.15, 0.2) is 47.3 Å². The molecule has 4 rings (SSSR count). The summed E-state index contributed by atoms with van der Waals surface area (Å²) in [7, 11) is 0. The summed E-state index contributed by atoms with van der Waals surface area (Å²) in [5, 5.41) is 7.12. The number of hydrogen-bond acceptors (Lipinski definition) is 6. The molecule has 2 fully saturated rings. The lowest BCUT2D eigenvalue weighted by atomic mass is 9.73. The van der Waals surface area contributed by atoms with Gasteiger partial charge in [-0.05, 0) is 43.0 Å². The molecular formula is C22H25F3N2O6. The average molecular weight is 470 g/mol. The van der Waals surface area contributed by atoms with E-state index in [1.54, 1.807) is 18.3 Å². The zero-order chi connectivity index (χ0) is 23.9. The first-order valence-electron chi connectivity index (χ1n) is 10.4. The number of alkyl halides is 3. The second kappa shape index (κ2) is 10.8. The maximum Gasteiger partial charge on any atom is 0.490 e. The highest BCUT2D eigenvalue weighted by Crippen LogP contribution is 2.41. The standard InChI is InChI=1S/C20H24N2O4.C2HF3O2/c23-19(17-5-2-10-25-17)22-9-6-18-20(14-22,7-3-11-26-18)15-24-13-16-4-1-8-21-12-16;3-2(4,5)1(6)7/h1-2,4-5,8,10,12,18H,3,6-7,9,11,13-15H2;(H,6,7). The van der Waals surface area contributed by atoms with Crippen molar-refractivity contribution in [1.29, 1.82) is 0 Å². The number of likely N-dealkylation sites (tertiary alicyclic amines) is 1. The molecule has 0 bridgehead atoms. The molecule has 11 heteroatoms. The number of amides is 1. The minimum atomic E-state index is -5.08. The zero-order valence-electron chi connectivity index (χ0n) is 17.8. The molecule has 2 unspecified atom stereocenters. The normalized spacial score (nSPS) is 22.6. The number of aromatic nitrogens is 1. The van der Waals surface area contributed by atoms with Crippen LogP contribution in [-0.4, -0.2) is 65.5 Å². The number of pyridine rings is 1. The van der Waals surface area contributed by atoms with Crippen molar-refractivity contribution in [2.24, 2.45) is 5.41 Å². The van der Waals surface area contributed by atoms with E-state index in [2.05, 4.69) is 4.98 Å². The second-order valence-electron chi connectivity index (χ2n) is 7.98. The lowest BCUT2D eigenvalue weighted by molar-refractivity contribution is -0.192. The highest BCUT2D eigenvalue weighted by atomic mass is 19.4. The molecule has 2 saturated heterocycles. The number of piperidine rings is 1. The maximum absolute atomic E-state index is 12.7. The number of rotatable bonds is 5. The molecule has 1 N–H and O–H groups in total. The first-order chi connectivity index (χ1) is 15.7. The van der Waals surface area contributed by atoms with Gasteiger partial charge in [-0.15, -0.1) is 0 Å². The Morgan fingerprint density at radius 2 is 2.09 bits per heavy atom. The third-order valence-electron chi connectivity index (χ3n) is 5.63. The van der Waals surface area contributed by atoms with Crippen LogP contribution in [0.1, 0.15) is 35.4 Å². The number of furan rings is 1. The number of nitrogens with zero attached hydrogens (tertiary/aromatic N) is 2. The predicted octanol–water partition coefficient (Wildman–Crippen LogP) is 3.54. The first-order valence-corrected chi connectivity index (χ1v) is 10.4. The Kier molecular flexibility index (Phi) is 8.09. The van der Waals surface area contributed by atoms with Crippen LogP contribution in [0.25, 0.3) is 0 Å². The highest BCUT2D eigenvalue weighted by molar-refractivity contribution is 5.91. The largest absolute Gasteiger partial charge is 0.490 e. The Hall–Kier alpha value is -2.92. The average Bonchev–Trinajstić information content (AvgIpc) is 3.33. The van der Waals surface area contributed by atoms with E-state index in [0.717, 1.165) is 31.4 Å². The molecule has 4 heterocycles. The Morgan fingerprint density at radius 1 is 1.30 bits per heavy atom. The molecule has 0 spiro atoms. The maximum atomic E-state index is 12.7. The van der Waals surface area contributed by atoms with Crippen LogP contribution >= 0.6 is 0 Å². The van der Waals surface area contributed by atoms with Crippen LogP contribution in [-0.2, 0) is 20.9 Å². The number of carbonyl (C=O) groups is 2. The second-order valence-corrected chi connectivity index (χ2v) is 7.98. The lowest BCUT2D eigenvalue weighted by Crippen LogP contribution is -2.58. The summed E-state index contributed by atoms with van der Waals surface area (Å²) < 4.78 is 49.1. The van der Waals surface area contributed by atoms with Crippen molar-refractivity contribution in [3.63, 3.8) is 0 Å². The van der Waals surface area contributed by atoms with Gasteiger partial charge in [-0.25, -0.2) is 4.79 Å². The van der Waals surface area contributed by atoms with Crippen LogP contribution in [0.2, 0.25) is 0 Å². The number of carboxylic acids is 1. The third-order valence-corrected chi connectivity index (χ3v) is 5.63. The predicted molar refractivity (Wildman–Crippen MR) is 108 cm³/mol. The molecule has 0 aliphatic carbocycles. The van der Waals surface area contributed by atoms with Crippen molar-refractivity contribution in [2.45, 2.75) is 38.1 Å². The molecule has 2 aromatic heterocycles. The molecule has 0 aromatic carbocycles. The highest BCUT2D eigenvalue weighted by Gasteiger charge is 2.47. The van der Waals surface area contributed by atoms with Crippen molar-refractivity contribution in [3.05, 3.63) is 54.2 Å². The van der Waals surface area contributed by atoms with Crippen LogP contribution < -0.4 is 0 Å². The fourth-order valence-electron chi connectivity index (χ4n) is 4.09. The number of carbonyl (C=O) groups excluding carboxylic acids is 1. The van der Waals surface area contributed by atoms with Crippen LogP contribution in [0, 0.1) is 5.41 Å². The summed E-state index contributed by atoms with van der Waals surface area (Å²) in [6.45, 7) is 3.23. The van der Waals surface area contributed by atoms with Gasteiger partial charge in [0.15, 0.2) is 5.76 Å². The Morgan fingerprint density at radius 3 is 2.73 bits per heavy atom. The van der Waals surface area contributed by atoms with Crippen LogP contribution in [0.5, 0.6) is 0 Å². The van der Waals surface area contributed by atoms with E-state index in [1.807, 2.05) is 23.2 Å². The van der Waals surface area contributed by atoms with Gasteiger partial charge in [0, 0.05) is 37.5 Å². The minimum Gasteiger partial charge on any atom is -0.475 e. The SMILES string of the molecule is O=C(O)C(F)(F)F.O=C(c1ccco1)N1CCC2OCCCC2(COCc2cccnc2)C1. The summed E-state index contributed by atoms with van der Waals surface area (Å²) in [5.74, 6) is -2.41. The van der Waals surface area contributed by atoms with Gasteiger partial charge in [0.05, 0.1) is 25.6 Å². The van der Waals surface area contributed by atoms with Gasteiger partial charge in [0.2, 0.25) is 0 Å². The van der Waals surface area contributed by atoms with Crippen molar-refractivity contribution in [3.8, 4) is 0 Å². The first kappa shape index (κ1) is 24.7. The number of fused-ring (bicyclic) bond motifs is 1. The van der Waals surface area contributed by atoms with E-state index >= 15 is 0 Å². The molecule has 180 valence electrons. The van der Waals surface area contributed by atoms with E-state index in [9.17, 15) is 18.0 Å². The molecular weight excluding hydrogens is 445 g/mol. The molecule has 33 heavy (non-hydrogen) atoms. The van der Waals surface area contributed by atoms with Crippen LogP contribution in [0.3, 0.4) is 0 Å². The number of ether oxygens (including phenoxy) is 2. The lowest BCUT2D eigenvalue weighted by Gasteiger charge is -2.50. The molecule has 2 atom stereocenters. The monoisotopic (exact) mass is 470 g/mol. The quantitative estimate of drug-likeness (QED) is 0.713. The zero-order valence-corrected chi connectivity index (χ0v) is 17.8. The summed E-state index contributed by atoms with van der Waals surface area (Å²) in [5.41, 5.74) is 0.900. The van der Waals surface area contributed by atoms with Crippen LogP contribution in [0.4, 0.5) is 13.2 Å². The van der Waals surface area contributed by atoms with Gasteiger partial charge >= 0.3 is 12.1 Å². The van der Waals surface area contributed by atoms with Crippen molar-refractivity contribution >= 4 is 11.9 Å². The summed E-state index contributed by atoms with van der Waals surface area (Å²) in [4.78, 5) is 27.6. The van der Waals surface area contributed by atoms with Gasteiger partial charge in [0.25, 0.3) is 5.91 Å². The van der Waals surface area contributed by atoms with E-state index in [4.69, 9.17) is 23.8 Å². The van der Waals surface area contributed by atoms with E-state index in [-0.39, 0.29) is 17.4 Å². The van der Waals surface area contributed by atoms with Crippen molar-refractivity contribution in [1.82, 2.24) is 9.88 Å². The van der Waals surface area contributed by atoms with Gasteiger partial charge in [-0.2, -0.15) is 13.2 Å². The van der Waals surface area contributed by atoms with Gasteiger partial charge in [0.1, 0.15) is 0 Å². The molecule has 2 aromatic rings. The van der Waals surface area contributed by atoms with E-state index < -0.39 is 12.1 Å². The third kappa shape index (κ3) is 6.55. The Bertz CT molecular complexity index is 907. The molecule has 2 aliphatic heterocycles. The number of aliphatic carboxylic acids is 1. The number of halogens is 3. The summed E-state index contributed by atoms with van der Waals surface area (Å²) >= 11 is 0. The van der Waals surface area contributed by atoms with Gasteiger partial charge < -0.3 is 23.9 Å². The van der Waals surface area contributed by atoms with Crippen molar-refractivity contribution in [2.75, 3.05) is 26.3 Å². The minimum absolute atomic E-state index is 0.0503. The summed E-state index contributed by atoms with van der Waals surface area (Å²) in [6, 6.07) is 7.38. The molecule has 1 amide bonds. The van der Waals surface area contributed by atoms with Gasteiger partial charge in [-0.3, -0.25) is 9.78 Å². The van der Waals surface area contributed by atoms with E-state index in [1.165, 1.54) is 6.26 Å². The van der Waals surface area contributed by atoms with E-state index in [0.29, 0.717) is 32.1 Å². The molecule has 2 aliphatic rings.